The van der Waals surface area contributed by atoms with Crippen LogP contribution in [0.5, 0.6) is 0 Å². The molecule has 2 N–H and O–H groups in total. The predicted octanol–water partition coefficient (Wildman–Crippen LogP) is 6.29. The van der Waals surface area contributed by atoms with Crippen LogP contribution < -0.4 is 10.0 Å². The van der Waals surface area contributed by atoms with E-state index < -0.39 is 33.6 Å². The zero-order chi connectivity index (χ0) is 32.7. The first-order valence-electron chi connectivity index (χ1n) is 14.4. The number of nitrogens with zero attached hydrogens (tertiary/aromatic N) is 3. The van der Waals surface area contributed by atoms with Crippen LogP contribution in [0.1, 0.15) is 58.0 Å². The van der Waals surface area contributed by atoms with Crippen molar-refractivity contribution in [3.63, 3.8) is 0 Å². The van der Waals surface area contributed by atoms with Gasteiger partial charge in [0, 0.05) is 23.9 Å². The highest BCUT2D eigenvalue weighted by molar-refractivity contribution is 7.90. The number of nitrogens with one attached hydrogen (secondary N) is 2. The fourth-order valence-corrected chi connectivity index (χ4v) is 8.13. The molecule has 0 saturated heterocycles. The maximum atomic E-state index is 13.7. The molecule has 0 spiro atoms. The van der Waals surface area contributed by atoms with Gasteiger partial charge in [-0.1, -0.05) is 32.0 Å². The van der Waals surface area contributed by atoms with Gasteiger partial charge in [-0.2, -0.15) is 0 Å². The number of aryl methyl sites for hydroxylation is 3. The Hall–Kier alpha value is -4.40. The second-order valence-corrected chi connectivity index (χ2v) is 13.9. The first kappa shape index (κ1) is 31.6. The molecule has 1 aliphatic heterocycles. The molecule has 2 aromatic carbocycles. The number of aromatic nitrogens is 3. The van der Waals surface area contributed by atoms with Gasteiger partial charge in [-0.3, -0.25) is 9.78 Å². The molecule has 5 aromatic rings. The summed E-state index contributed by atoms with van der Waals surface area (Å²) in [4.78, 5) is 18.7. The van der Waals surface area contributed by atoms with Crippen molar-refractivity contribution in [2.45, 2.75) is 51.1 Å². The summed E-state index contributed by atoms with van der Waals surface area (Å²) in [5, 5.41) is 10.9. The lowest BCUT2D eigenvalue weighted by atomic mass is 9.94. The number of hydrogen-bond donors (Lipinski definition) is 2. The molecule has 46 heavy (non-hydrogen) atoms. The quantitative estimate of drug-likeness (QED) is 0.189. The van der Waals surface area contributed by atoms with E-state index in [4.69, 9.17) is 9.40 Å². The molecule has 4 heterocycles. The smallest absolute Gasteiger partial charge is 0.261 e. The van der Waals surface area contributed by atoms with E-state index in [1.165, 1.54) is 18.2 Å². The van der Waals surface area contributed by atoms with Crippen LogP contribution in [0, 0.1) is 30.3 Å². The molecule has 0 unspecified atom stereocenters. The van der Waals surface area contributed by atoms with Gasteiger partial charge in [0.2, 0.25) is 21.8 Å². The van der Waals surface area contributed by atoms with E-state index in [1.807, 2.05) is 13.8 Å². The van der Waals surface area contributed by atoms with Crippen molar-refractivity contribution in [1.29, 1.82) is 0 Å². The number of carbonyl (C=O) groups excluding carboxylic acids is 1. The summed E-state index contributed by atoms with van der Waals surface area (Å²) in [7, 11) is -4.06. The molecular formula is C32H28F3N5O4S2. The fourth-order valence-electron chi connectivity index (χ4n) is 5.33. The number of halogens is 3. The van der Waals surface area contributed by atoms with E-state index in [0.717, 1.165) is 29.0 Å². The molecule has 1 aliphatic rings. The standard InChI is InChI=1S/C32H28F3N5O4S2/c1-16(2)28-29-30(46(42,43)40-28)27(24-12-13-25(45-24)31(41)36-15-19-6-10-21(34)22(35)14-19)26(32-39-38-17(3)44-32)23(37-29)11-7-18-4-8-20(33)9-5-18/h4-6,8-10,12-14,16,28,40H,7,11,15H2,1-3H3,(H,36,41)/t28-/m1/s1. The fraction of sp³-hybridized carbons (Fsp3) is 0.250. The minimum absolute atomic E-state index is 0.0295. The van der Waals surface area contributed by atoms with E-state index in [2.05, 4.69) is 20.2 Å². The molecular weight excluding hydrogens is 640 g/mol. The van der Waals surface area contributed by atoms with Gasteiger partial charge in [0.05, 0.1) is 27.9 Å². The number of rotatable bonds is 9. The van der Waals surface area contributed by atoms with E-state index >= 15 is 0 Å². The topological polar surface area (TPSA) is 127 Å². The molecule has 0 bridgehead atoms. The largest absolute Gasteiger partial charge is 0.421 e. The van der Waals surface area contributed by atoms with Crippen LogP contribution in [0.15, 0.2) is 63.9 Å². The Labute approximate surface area is 267 Å². The molecule has 0 fully saturated rings. The summed E-state index contributed by atoms with van der Waals surface area (Å²) >= 11 is 1.05. The Balaban J connectivity index is 1.47. The van der Waals surface area contributed by atoms with Crippen molar-refractivity contribution in [1.82, 2.24) is 25.2 Å². The van der Waals surface area contributed by atoms with Gasteiger partial charge in [-0.05, 0) is 66.3 Å². The van der Waals surface area contributed by atoms with Crippen molar-refractivity contribution in [2.24, 2.45) is 5.92 Å². The number of sulfonamides is 1. The summed E-state index contributed by atoms with van der Waals surface area (Å²) < 4.78 is 76.7. The third-order valence-electron chi connectivity index (χ3n) is 7.58. The average Bonchev–Trinajstić information content (AvgIpc) is 3.74. The van der Waals surface area contributed by atoms with Crippen LogP contribution >= 0.6 is 11.3 Å². The van der Waals surface area contributed by atoms with Crippen LogP contribution in [0.25, 0.3) is 21.9 Å². The number of fused-ring (bicyclic) bond motifs is 1. The second-order valence-electron chi connectivity index (χ2n) is 11.2. The van der Waals surface area contributed by atoms with E-state index in [9.17, 15) is 26.4 Å². The van der Waals surface area contributed by atoms with Crippen LogP contribution in [0.2, 0.25) is 0 Å². The summed E-state index contributed by atoms with van der Waals surface area (Å²) in [6, 6.07) is 12.0. The van der Waals surface area contributed by atoms with Crippen molar-refractivity contribution in [2.75, 3.05) is 0 Å². The number of hydrogen-bond acceptors (Lipinski definition) is 8. The van der Waals surface area contributed by atoms with E-state index in [0.29, 0.717) is 40.2 Å². The first-order valence-corrected chi connectivity index (χ1v) is 16.7. The third kappa shape index (κ3) is 6.19. The van der Waals surface area contributed by atoms with Gasteiger partial charge < -0.3 is 9.73 Å². The lowest BCUT2D eigenvalue weighted by molar-refractivity contribution is 0.0955. The molecule has 0 saturated carbocycles. The highest BCUT2D eigenvalue weighted by atomic mass is 32.2. The van der Waals surface area contributed by atoms with E-state index in [-0.39, 0.29) is 45.4 Å². The minimum atomic E-state index is -4.06. The highest BCUT2D eigenvalue weighted by Crippen LogP contribution is 2.47. The van der Waals surface area contributed by atoms with Crippen LogP contribution in [-0.2, 0) is 29.4 Å². The molecule has 0 aliphatic carbocycles. The lowest BCUT2D eigenvalue weighted by Crippen LogP contribution is -2.23. The number of amides is 1. The number of carbonyl (C=O) groups is 1. The molecule has 238 valence electrons. The number of thiophene rings is 1. The Morgan fingerprint density at radius 3 is 2.39 bits per heavy atom. The normalized spacial score (nSPS) is 15.3. The first-order chi connectivity index (χ1) is 21.9. The van der Waals surface area contributed by atoms with Gasteiger partial charge in [-0.15, -0.1) is 21.5 Å². The zero-order valence-electron chi connectivity index (χ0n) is 24.9. The molecule has 14 heteroatoms. The van der Waals surface area contributed by atoms with Crippen molar-refractivity contribution < 1.29 is 30.8 Å². The lowest BCUT2D eigenvalue weighted by Gasteiger charge is -2.18. The summed E-state index contributed by atoms with van der Waals surface area (Å²) in [5.74, 6) is -2.67. The summed E-state index contributed by atoms with van der Waals surface area (Å²) in [6.07, 6.45) is 0.792. The van der Waals surface area contributed by atoms with Gasteiger partial charge in [0.15, 0.2) is 11.6 Å². The Bertz CT molecular complexity index is 2060. The Kier molecular flexibility index (Phi) is 8.53. The highest BCUT2D eigenvalue weighted by Gasteiger charge is 2.42. The molecule has 0 radical (unpaired) electrons. The number of pyridine rings is 1. The summed E-state index contributed by atoms with van der Waals surface area (Å²) in [6.45, 7) is 5.33. The predicted molar refractivity (Wildman–Crippen MR) is 165 cm³/mol. The van der Waals surface area contributed by atoms with Gasteiger partial charge >= 0.3 is 0 Å². The van der Waals surface area contributed by atoms with Crippen LogP contribution in [0.3, 0.4) is 0 Å². The van der Waals surface area contributed by atoms with Crippen LogP contribution in [0.4, 0.5) is 13.2 Å². The van der Waals surface area contributed by atoms with Gasteiger partial charge in [-0.25, -0.2) is 26.3 Å². The van der Waals surface area contributed by atoms with Gasteiger partial charge in [0.25, 0.3) is 5.91 Å². The monoisotopic (exact) mass is 667 g/mol. The minimum Gasteiger partial charge on any atom is -0.421 e. The molecule has 3 aromatic heterocycles. The van der Waals surface area contributed by atoms with Gasteiger partial charge in [0.1, 0.15) is 10.7 Å². The van der Waals surface area contributed by atoms with Crippen molar-refractivity contribution in [3.05, 3.63) is 105 Å². The Morgan fingerprint density at radius 2 is 1.72 bits per heavy atom. The maximum absolute atomic E-state index is 13.7. The third-order valence-corrected chi connectivity index (χ3v) is 10.2. The summed E-state index contributed by atoms with van der Waals surface area (Å²) in [5.41, 5.74) is 2.67. The molecule has 1 atom stereocenters. The SMILES string of the molecule is Cc1nnc(-c2c(CCc3ccc(F)cc3)nc3c(c2-c2ccc(C(=O)NCc4ccc(F)c(F)c4)s2)S(=O)(=O)N[C@@H]3C(C)C)o1. The van der Waals surface area contributed by atoms with Crippen molar-refractivity contribution >= 4 is 27.3 Å². The molecule has 9 nitrogen and oxygen atoms in total. The second kappa shape index (κ2) is 12.4. The molecule has 1 amide bonds. The van der Waals surface area contributed by atoms with Crippen LogP contribution in [-0.4, -0.2) is 29.5 Å². The van der Waals surface area contributed by atoms with E-state index in [1.54, 1.807) is 31.2 Å². The van der Waals surface area contributed by atoms with Crippen molar-refractivity contribution in [3.8, 4) is 21.9 Å². The molecule has 6 rings (SSSR count). The Morgan fingerprint density at radius 1 is 0.978 bits per heavy atom. The maximum Gasteiger partial charge on any atom is 0.261 e. The zero-order valence-corrected chi connectivity index (χ0v) is 26.5. The number of benzene rings is 2. The average molecular weight is 668 g/mol.